The molecule has 166 valence electrons. The second-order valence-corrected chi connectivity index (χ2v) is 7.88. The summed E-state index contributed by atoms with van der Waals surface area (Å²) in [6, 6.07) is 10.3. The lowest BCUT2D eigenvalue weighted by atomic mass is 10.1. The Hall–Kier alpha value is -2.64. The molecule has 0 fully saturated rings. The molecule has 2 aromatic carbocycles. The number of rotatable bonds is 10. The van der Waals surface area contributed by atoms with Crippen LogP contribution in [-0.2, 0) is 22.6 Å². The zero-order valence-corrected chi connectivity index (χ0v) is 18.9. The summed E-state index contributed by atoms with van der Waals surface area (Å²) in [6.45, 7) is 4.31. The van der Waals surface area contributed by atoms with Crippen LogP contribution in [0.5, 0.6) is 0 Å². The van der Waals surface area contributed by atoms with E-state index in [1.54, 1.807) is 36.4 Å². The van der Waals surface area contributed by atoms with Crippen LogP contribution >= 0.6 is 23.2 Å². The Morgan fingerprint density at radius 2 is 1.84 bits per heavy atom. The Balaban J connectivity index is 2.39. The van der Waals surface area contributed by atoms with Crippen LogP contribution in [-0.4, -0.2) is 34.2 Å². The molecule has 0 bridgehead atoms. The highest BCUT2D eigenvalue weighted by atomic mass is 35.5. The molecule has 1 atom stereocenters. The average molecular weight is 466 g/mol. The zero-order valence-electron chi connectivity index (χ0n) is 17.4. The third-order valence-corrected chi connectivity index (χ3v) is 5.41. The number of hydrogen-bond acceptors (Lipinski definition) is 4. The van der Waals surface area contributed by atoms with Gasteiger partial charge in [0.05, 0.1) is 11.3 Å². The quantitative estimate of drug-likeness (QED) is 0.403. The van der Waals surface area contributed by atoms with Gasteiger partial charge >= 0.3 is 0 Å². The monoisotopic (exact) mass is 465 g/mol. The third-order valence-electron chi connectivity index (χ3n) is 4.82. The lowest BCUT2D eigenvalue weighted by Crippen LogP contribution is -2.49. The van der Waals surface area contributed by atoms with Crippen molar-refractivity contribution in [2.75, 3.05) is 6.54 Å². The van der Waals surface area contributed by atoms with Gasteiger partial charge < -0.3 is 10.2 Å². The van der Waals surface area contributed by atoms with E-state index in [2.05, 4.69) is 5.32 Å². The molecule has 0 aromatic heterocycles. The van der Waals surface area contributed by atoms with Crippen molar-refractivity contribution >= 4 is 40.7 Å². The van der Waals surface area contributed by atoms with Crippen LogP contribution in [0.1, 0.15) is 37.8 Å². The van der Waals surface area contributed by atoms with Gasteiger partial charge in [0.2, 0.25) is 11.8 Å². The van der Waals surface area contributed by atoms with E-state index in [9.17, 15) is 19.7 Å². The number of nitrogens with one attached hydrogen (secondary N) is 1. The van der Waals surface area contributed by atoms with E-state index in [1.807, 2.05) is 13.8 Å². The lowest BCUT2D eigenvalue weighted by molar-refractivity contribution is -0.385. The minimum atomic E-state index is -0.742. The van der Waals surface area contributed by atoms with Crippen molar-refractivity contribution in [3.05, 3.63) is 73.8 Å². The van der Waals surface area contributed by atoms with Gasteiger partial charge in [0.1, 0.15) is 6.04 Å². The summed E-state index contributed by atoms with van der Waals surface area (Å²) in [7, 11) is 0. The molecule has 1 unspecified atom stereocenters. The fourth-order valence-corrected chi connectivity index (χ4v) is 3.69. The Morgan fingerprint density at radius 1 is 1.13 bits per heavy atom. The first-order chi connectivity index (χ1) is 14.8. The number of hydrogen-bond donors (Lipinski definition) is 1. The van der Waals surface area contributed by atoms with Crippen LogP contribution in [0.25, 0.3) is 0 Å². The summed E-state index contributed by atoms with van der Waals surface area (Å²) < 4.78 is 0. The number of amides is 2. The molecule has 0 aliphatic carbocycles. The van der Waals surface area contributed by atoms with E-state index >= 15 is 0 Å². The molecule has 0 aliphatic rings. The third kappa shape index (κ3) is 6.67. The van der Waals surface area contributed by atoms with E-state index in [-0.39, 0.29) is 30.1 Å². The highest BCUT2D eigenvalue weighted by Gasteiger charge is 2.30. The first kappa shape index (κ1) is 24.6. The Bertz CT molecular complexity index is 952. The van der Waals surface area contributed by atoms with Crippen LogP contribution in [0.4, 0.5) is 5.69 Å². The number of benzene rings is 2. The second-order valence-electron chi connectivity index (χ2n) is 7.04. The smallest absolute Gasteiger partial charge is 0.273 e. The van der Waals surface area contributed by atoms with E-state index in [0.717, 1.165) is 6.42 Å². The topological polar surface area (TPSA) is 92.6 Å². The van der Waals surface area contributed by atoms with Gasteiger partial charge in [-0.3, -0.25) is 19.7 Å². The van der Waals surface area contributed by atoms with Gasteiger partial charge in [-0.05, 0) is 30.5 Å². The van der Waals surface area contributed by atoms with Crippen LogP contribution in [0.3, 0.4) is 0 Å². The maximum Gasteiger partial charge on any atom is 0.273 e. The van der Waals surface area contributed by atoms with E-state index in [4.69, 9.17) is 23.2 Å². The van der Waals surface area contributed by atoms with Gasteiger partial charge in [-0.1, -0.05) is 61.3 Å². The minimum Gasteiger partial charge on any atom is -0.354 e. The molecule has 0 saturated heterocycles. The highest BCUT2D eigenvalue weighted by Crippen LogP contribution is 2.25. The van der Waals surface area contributed by atoms with Crippen molar-refractivity contribution in [1.29, 1.82) is 0 Å². The Labute approximate surface area is 191 Å². The predicted molar refractivity (Wildman–Crippen MR) is 121 cm³/mol. The highest BCUT2D eigenvalue weighted by molar-refractivity contribution is 6.35. The molecule has 0 aliphatic heterocycles. The number of nitrogens with zero attached hydrogens (tertiary/aromatic N) is 2. The molecule has 2 amide bonds. The van der Waals surface area contributed by atoms with Crippen LogP contribution < -0.4 is 5.32 Å². The number of halogens is 2. The van der Waals surface area contributed by atoms with Crippen molar-refractivity contribution in [2.24, 2.45) is 0 Å². The van der Waals surface area contributed by atoms with Crippen LogP contribution in [0.2, 0.25) is 10.0 Å². The SMILES string of the molecule is CCCNC(=O)C(CC)N(Cc1ccc(Cl)cc1Cl)C(=O)Cc1ccccc1[N+](=O)[O-]. The normalized spacial score (nSPS) is 11.6. The van der Waals surface area contributed by atoms with Gasteiger partial charge in [-0.2, -0.15) is 0 Å². The predicted octanol–water partition coefficient (Wildman–Crippen LogP) is 4.78. The minimum absolute atomic E-state index is 0.0769. The molecule has 7 nitrogen and oxygen atoms in total. The van der Waals surface area contributed by atoms with Crippen molar-refractivity contribution in [3.8, 4) is 0 Å². The van der Waals surface area contributed by atoms with Crippen LogP contribution in [0, 0.1) is 10.1 Å². The van der Waals surface area contributed by atoms with Crippen molar-refractivity contribution in [2.45, 2.75) is 45.7 Å². The number of carbonyl (C=O) groups excluding carboxylic acids is 2. The largest absolute Gasteiger partial charge is 0.354 e. The average Bonchev–Trinajstić information content (AvgIpc) is 2.73. The van der Waals surface area contributed by atoms with Gasteiger partial charge in [-0.15, -0.1) is 0 Å². The number of carbonyl (C=O) groups is 2. The molecule has 2 rings (SSSR count). The van der Waals surface area contributed by atoms with Gasteiger partial charge in [0.25, 0.3) is 5.69 Å². The van der Waals surface area contributed by atoms with E-state index in [0.29, 0.717) is 28.6 Å². The van der Waals surface area contributed by atoms with E-state index < -0.39 is 16.9 Å². The molecule has 0 radical (unpaired) electrons. The second kappa shape index (κ2) is 11.7. The summed E-state index contributed by atoms with van der Waals surface area (Å²) in [6.07, 6.45) is 0.929. The summed E-state index contributed by atoms with van der Waals surface area (Å²) in [4.78, 5) is 38.3. The van der Waals surface area contributed by atoms with Gasteiger partial charge in [0, 0.05) is 34.8 Å². The summed E-state index contributed by atoms with van der Waals surface area (Å²) in [5, 5.41) is 15.0. The summed E-state index contributed by atoms with van der Waals surface area (Å²) in [5.41, 5.74) is 0.779. The molecule has 0 saturated carbocycles. The molecule has 1 N–H and O–H groups in total. The molecular formula is C22H25Cl2N3O4. The summed E-state index contributed by atoms with van der Waals surface area (Å²) >= 11 is 12.3. The maximum absolute atomic E-state index is 13.3. The fraction of sp³-hybridized carbons (Fsp3) is 0.364. The van der Waals surface area contributed by atoms with Crippen LogP contribution in [0.15, 0.2) is 42.5 Å². The zero-order chi connectivity index (χ0) is 23.0. The Morgan fingerprint density at radius 3 is 2.45 bits per heavy atom. The molecular weight excluding hydrogens is 441 g/mol. The summed E-state index contributed by atoms with van der Waals surface area (Å²) in [5.74, 6) is -0.677. The number of nitro groups is 1. The first-order valence-corrected chi connectivity index (χ1v) is 10.8. The fourth-order valence-electron chi connectivity index (χ4n) is 3.22. The molecule has 2 aromatic rings. The molecule has 31 heavy (non-hydrogen) atoms. The van der Waals surface area contributed by atoms with Gasteiger partial charge in [-0.25, -0.2) is 0 Å². The van der Waals surface area contributed by atoms with E-state index in [1.165, 1.54) is 11.0 Å². The number of nitro benzene ring substituents is 1. The molecule has 0 spiro atoms. The first-order valence-electron chi connectivity index (χ1n) is 10.0. The standard InChI is InChI=1S/C22H25Cl2N3O4/c1-3-11-25-22(29)19(4-2)26(14-16-9-10-17(23)13-18(16)24)21(28)12-15-7-5-6-8-20(15)27(30)31/h5-10,13,19H,3-4,11-12,14H2,1-2H3,(H,25,29). The number of para-hydroxylation sites is 1. The maximum atomic E-state index is 13.3. The van der Waals surface area contributed by atoms with Crippen molar-refractivity contribution in [3.63, 3.8) is 0 Å². The molecule has 0 heterocycles. The Kier molecular flexibility index (Phi) is 9.27. The lowest BCUT2D eigenvalue weighted by Gasteiger charge is -2.31. The van der Waals surface area contributed by atoms with Gasteiger partial charge in [0.15, 0.2) is 0 Å². The molecule has 9 heteroatoms. The van der Waals surface area contributed by atoms with Crippen molar-refractivity contribution in [1.82, 2.24) is 10.2 Å². The van der Waals surface area contributed by atoms with Crippen molar-refractivity contribution < 1.29 is 14.5 Å².